The average Bonchev–Trinajstić information content (AvgIpc) is 1.88. The van der Waals surface area contributed by atoms with Crippen molar-refractivity contribution in [2.24, 2.45) is 0 Å². The first-order valence-electron chi connectivity index (χ1n) is 2.73. The minimum Gasteiger partial charge on any atom is -0.371 e. The maximum Gasteiger partial charge on any atom is 0.166 e. The molecule has 0 amide bonds. The molecule has 0 saturated heterocycles. The number of anilines is 1. The molecule has 0 aliphatic rings. The average molecular weight is 205 g/mol. The maximum absolute atomic E-state index is 12.7. The van der Waals surface area contributed by atoms with Crippen molar-refractivity contribution >= 4 is 21.7 Å². The van der Waals surface area contributed by atoms with Gasteiger partial charge in [-0.1, -0.05) is 0 Å². The predicted octanol–water partition coefficient (Wildman–Crippen LogP) is 2.02. The van der Waals surface area contributed by atoms with Gasteiger partial charge in [-0.05, 0) is 22.0 Å². The Kier molecular flexibility index (Phi) is 2.21. The molecule has 0 radical (unpaired) electrons. The summed E-state index contributed by atoms with van der Waals surface area (Å²) >= 11 is 3.10. The van der Waals surface area contributed by atoms with Crippen LogP contribution < -0.4 is 5.32 Å². The van der Waals surface area contributed by atoms with Gasteiger partial charge in [-0.2, -0.15) is 0 Å². The van der Waals surface area contributed by atoms with Gasteiger partial charge in [0.15, 0.2) is 11.6 Å². The van der Waals surface area contributed by atoms with Crippen LogP contribution in [0.1, 0.15) is 0 Å². The van der Waals surface area contributed by atoms with Crippen LogP contribution in [0.4, 0.5) is 10.2 Å². The zero-order valence-electron chi connectivity index (χ0n) is 5.36. The van der Waals surface area contributed by atoms with E-state index in [1.165, 1.54) is 12.3 Å². The van der Waals surface area contributed by atoms with Crippen LogP contribution in [0.25, 0.3) is 0 Å². The number of aromatic nitrogens is 1. The van der Waals surface area contributed by atoms with E-state index in [0.717, 1.165) is 0 Å². The van der Waals surface area contributed by atoms with Crippen LogP contribution >= 0.6 is 15.9 Å². The summed E-state index contributed by atoms with van der Waals surface area (Å²) in [6.07, 6.45) is 1.54. The monoisotopic (exact) mass is 204 g/mol. The molecule has 0 unspecified atom stereocenters. The van der Waals surface area contributed by atoms with Gasteiger partial charge in [0.2, 0.25) is 0 Å². The van der Waals surface area contributed by atoms with Gasteiger partial charge < -0.3 is 5.32 Å². The van der Waals surface area contributed by atoms with E-state index in [2.05, 4.69) is 26.2 Å². The molecule has 0 saturated carbocycles. The molecule has 0 bridgehead atoms. The second-order valence-corrected chi connectivity index (χ2v) is 2.65. The van der Waals surface area contributed by atoms with E-state index in [1.54, 1.807) is 7.05 Å². The largest absolute Gasteiger partial charge is 0.371 e. The lowest BCUT2D eigenvalue weighted by Gasteiger charge is -1.98. The highest BCUT2D eigenvalue weighted by atomic mass is 79.9. The molecule has 0 fully saturated rings. The van der Waals surface area contributed by atoms with E-state index in [4.69, 9.17) is 0 Å². The number of nitrogens with zero attached hydrogens (tertiary/aromatic N) is 1. The first kappa shape index (κ1) is 7.47. The molecule has 1 rings (SSSR count). The van der Waals surface area contributed by atoms with Gasteiger partial charge in [0.1, 0.15) is 0 Å². The Morgan fingerprint density at radius 3 is 2.90 bits per heavy atom. The van der Waals surface area contributed by atoms with Crippen molar-refractivity contribution in [2.75, 3.05) is 12.4 Å². The van der Waals surface area contributed by atoms with E-state index in [0.29, 0.717) is 4.47 Å². The normalized spacial score (nSPS) is 9.50. The second-order valence-electron chi connectivity index (χ2n) is 1.73. The third kappa shape index (κ3) is 1.44. The number of pyridine rings is 1. The van der Waals surface area contributed by atoms with Crippen LogP contribution in [-0.4, -0.2) is 12.0 Å². The number of hydrogen-bond donors (Lipinski definition) is 1. The van der Waals surface area contributed by atoms with Gasteiger partial charge in [0, 0.05) is 17.7 Å². The van der Waals surface area contributed by atoms with E-state index >= 15 is 0 Å². The van der Waals surface area contributed by atoms with Crippen molar-refractivity contribution in [1.29, 1.82) is 0 Å². The van der Waals surface area contributed by atoms with Gasteiger partial charge in [-0.3, -0.25) is 0 Å². The van der Waals surface area contributed by atoms with Crippen LogP contribution in [0, 0.1) is 5.82 Å². The van der Waals surface area contributed by atoms with Crippen molar-refractivity contribution < 1.29 is 4.39 Å². The number of rotatable bonds is 1. The molecule has 0 atom stereocenters. The molecule has 0 aliphatic carbocycles. The van der Waals surface area contributed by atoms with Crippen molar-refractivity contribution in [2.45, 2.75) is 0 Å². The standard InChI is InChI=1S/C6H6BrFN2/c1-9-6-5(8)2-4(7)3-10-6/h2-3H,1H3,(H,9,10). The molecular weight excluding hydrogens is 199 g/mol. The molecule has 54 valence electrons. The van der Waals surface area contributed by atoms with Crippen molar-refractivity contribution in [3.05, 3.63) is 22.6 Å². The highest BCUT2D eigenvalue weighted by Crippen LogP contribution is 2.14. The smallest absolute Gasteiger partial charge is 0.166 e. The molecule has 1 aromatic rings. The van der Waals surface area contributed by atoms with Gasteiger partial charge >= 0.3 is 0 Å². The van der Waals surface area contributed by atoms with Crippen molar-refractivity contribution in [3.63, 3.8) is 0 Å². The first-order valence-corrected chi connectivity index (χ1v) is 3.52. The molecule has 1 N–H and O–H groups in total. The topological polar surface area (TPSA) is 24.9 Å². The van der Waals surface area contributed by atoms with Crippen LogP contribution in [0.2, 0.25) is 0 Å². The third-order valence-electron chi connectivity index (χ3n) is 1.04. The van der Waals surface area contributed by atoms with Gasteiger partial charge in [-0.15, -0.1) is 0 Å². The highest BCUT2D eigenvalue weighted by molar-refractivity contribution is 9.10. The Hall–Kier alpha value is -0.640. The van der Waals surface area contributed by atoms with Crippen molar-refractivity contribution in [1.82, 2.24) is 4.98 Å². The molecule has 0 spiro atoms. The number of nitrogens with one attached hydrogen (secondary N) is 1. The predicted molar refractivity (Wildman–Crippen MR) is 41.4 cm³/mol. The Labute approximate surface area is 66.6 Å². The second kappa shape index (κ2) is 2.96. The summed E-state index contributed by atoms with van der Waals surface area (Å²) in [5, 5.41) is 2.62. The number of hydrogen-bond acceptors (Lipinski definition) is 2. The summed E-state index contributed by atoms with van der Waals surface area (Å²) in [6.45, 7) is 0. The zero-order valence-corrected chi connectivity index (χ0v) is 6.94. The summed E-state index contributed by atoms with van der Waals surface area (Å²) in [7, 11) is 1.62. The fourth-order valence-electron chi connectivity index (χ4n) is 0.599. The van der Waals surface area contributed by atoms with Crippen LogP contribution in [0.5, 0.6) is 0 Å². The third-order valence-corrected chi connectivity index (χ3v) is 1.48. The lowest BCUT2D eigenvalue weighted by Crippen LogP contribution is -1.94. The summed E-state index contributed by atoms with van der Waals surface area (Å²) < 4.78 is 13.3. The lowest BCUT2D eigenvalue weighted by molar-refractivity contribution is 0.625. The van der Waals surface area contributed by atoms with E-state index < -0.39 is 0 Å². The molecule has 1 aromatic heterocycles. The molecule has 4 heteroatoms. The SMILES string of the molecule is CNc1ncc(Br)cc1F. The quantitative estimate of drug-likeness (QED) is 0.758. The summed E-state index contributed by atoms with van der Waals surface area (Å²) in [5.74, 6) is -0.0833. The fraction of sp³-hybridized carbons (Fsp3) is 0.167. The van der Waals surface area contributed by atoms with Crippen molar-refractivity contribution in [3.8, 4) is 0 Å². The van der Waals surface area contributed by atoms with Crippen LogP contribution in [0.3, 0.4) is 0 Å². The molecule has 2 nitrogen and oxygen atoms in total. The van der Waals surface area contributed by atoms with Gasteiger partial charge in [0.05, 0.1) is 0 Å². The van der Waals surface area contributed by atoms with Crippen LogP contribution in [-0.2, 0) is 0 Å². The fourth-order valence-corrected chi connectivity index (χ4v) is 0.902. The Bertz CT molecular complexity index is 239. The minimum atomic E-state index is -0.350. The summed E-state index contributed by atoms with van der Waals surface area (Å²) in [4.78, 5) is 3.76. The Morgan fingerprint density at radius 2 is 2.40 bits per heavy atom. The minimum absolute atomic E-state index is 0.267. The maximum atomic E-state index is 12.7. The van der Waals surface area contributed by atoms with Gasteiger partial charge in [-0.25, -0.2) is 9.37 Å². The number of halogens is 2. The highest BCUT2D eigenvalue weighted by Gasteiger charge is 1.99. The van der Waals surface area contributed by atoms with Gasteiger partial charge in [0.25, 0.3) is 0 Å². The van der Waals surface area contributed by atoms with Crippen LogP contribution in [0.15, 0.2) is 16.7 Å². The van der Waals surface area contributed by atoms with E-state index in [1.807, 2.05) is 0 Å². The molecule has 0 aromatic carbocycles. The summed E-state index contributed by atoms with van der Waals surface area (Å²) in [5.41, 5.74) is 0. The summed E-state index contributed by atoms with van der Waals surface area (Å²) in [6, 6.07) is 1.36. The molecule has 10 heavy (non-hydrogen) atoms. The molecule has 0 aliphatic heterocycles. The lowest BCUT2D eigenvalue weighted by atomic mass is 10.4. The van der Waals surface area contributed by atoms with E-state index in [-0.39, 0.29) is 11.6 Å². The van der Waals surface area contributed by atoms with E-state index in [9.17, 15) is 4.39 Å². The Morgan fingerprint density at radius 1 is 1.70 bits per heavy atom. The first-order chi connectivity index (χ1) is 4.74. The molecular formula is C6H6BrFN2. The molecule has 1 heterocycles. The Balaban J connectivity index is 3.07. The zero-order chi connectivity index (χ0) is 7.56.